The molecule has 2 heterocycles. The molecule has 6 heteroatoms. The first-order valence-corrected chi connectivity index (χ1v) is 7.25. The molecule has 16 heavy (non-hydrogen) atoms. The van der Waals surface area contributed by atoms with Gasteiger partial charge >= 0.3 is 0 Å². The SMILES string of the molecule is CN(C(=O)c1csc(CN)n1)C1CCSC1. The summed E-state index contributed by atoms with van der Waals surface area (Å²) in [6.45, 7) is 0.404. The Labute approximate surface area is 103 Å². The zero-order valence-corrected chi connectivity index (χ0v) is 10.8. The first kappa shape index (κ1) is 11.9. The maximum atomic E-state index is 12.1. The summed E-state index contributed by atoms with van der Waals surface area (Å²) in [6.07, 6.45) is 1.08. The third-order valence-electron chi connectivity index (χ3n) is 2.72. The number of nitrogens with two attached hydrogens (primary N) is 1. The minimum Gasteiger partial charge on any atom is -0.337 e. The van der Waals surface area contributed by atoms with E-state index in [2.05, 4.69) is 4.98 Å². The monoisotopic (exact) mass is 257 g/mol. The molecular formula is C10H15N3OS2. The smallest absolute Gasteiger partial charge is 0.273 e. The van der Waals surface area contributed by atoms with Crippen LogP contribution in [0.5, 0.6) is 0 Å². The van der Waals surface area contributed by atoms with E-state index in [0.717, 1.165) is 22.9 Å². The number of rotatable bonds is 3. The van der Waals surface area contributed by atoms with Gasteiger partial charge in [0, 0.05) is 30.8 Å². The average Bonchev–Trinajstić information content (AvgIpc) is 2.97. The van der Waals surface area contributed by atoms with Gasteiger partial charge in [-0.25, -0.2) is 4.98 Å². The van der Waals surface area contributed by atoms with Gasteiger partial charge in [0.05, 0.1) is 0 Å². The maximum absolute atomic E-state index is 12.1. The Morgan fingerprint density at radius 2 is 2.56 bits per heavy atom. The predicted octanol–water partition coefficient (Wildman–Crippen LogP) is 1.18. The number of aromatic nitrogens is 1. The minimum absolute atomic E-state index is 0.0171. The first-order chi connectivity index (χ1) is 7.72. The highest BCUT2D eigenvalue weighted by molar-refractivity contribution is 7.99. The molecule has 1 atom stereocenters. The lowest BCUT2D eigenvalue weighted by molar-refractivity contribution is 0.0742. The topological polar surface area (TPSA) is 59.2 Å². The number of hydrogen-bond donors (Lipinski definition) is 1. The van der Waals surface area contributed by atoms with Crippen LogP contribution in [0.4, 0.5) is 0 Å². The van der Waals surface area contributed by atoms with Crippen LogP contribution >= 0.6 is 23.1 Å². The van der Waals surface area contributed by atoms with Crippen LogP contribution in [0.1, 0.15) is 21.9 Å². The average molecular weight is 257 g/mol. The highest BCUT2D eigenvalue weighted by atomic mass is 32.2. The molecule has 2 rings (SSSR count). The molecule has 0 saturated carbocycles. The molecule has 88 valence electrons. The van der Waals surface area contributed by atoms with Crippen LogP contribution in [0, 0.1) is 0 Å². The predicted molar refractivity (Wildman–Crippen MR) is 67.8 cm³/mol. The molecule has 2 N–H and O–H groups in total. The van der Waals surface area contributed by atoms with Crippen LogP contribution in [-0.2, 0) is 6.54 Å². The molecule has 0 aromatic carbocycles. The molecule has 0 bridgehead atoms. The van der Waals surface area contributed by atoms with Gasteiger partial charge in [0.1, 0.15) is 10.7 Å². The van der Waals surface area contributed by atoms with Crippen LogP contribution in [0.2, 0.25) is 0 Å². The van der Waals surface area contributed by atoms with Crippen molar-refractivity contribution in [2.45, 2.75) is 19.0 Å². The van der Waals surface area contributed by atoms with Crippen molar-refractivity contribution in [3.05, 3.63) is 16.1 Å². The Kier molecular flexibility index (Phi) is 3.83. The number of carbonyl (C=O) groups excluding carboxylic acids is 1. The van der Waals surface area contributed by atoms with E-state index in [1.54, 1.807) is 5.38 Å². The summed E-state index contributed by atoms with van der Waals surface area (Å²) in [6, 6.07) is 0.362. The summed E-state index contributed by atoms with van der Waals surface area (Å²) < 4.78 is 0. The zero-order valence-electron chi connectivity index (χ0n) is 9.18. The van der Waals surface area contributed by atoms with Gasteiger partial charge in [0.2, 0.25) is 0 Å². The minimum atomic E-state index is 0.0171. The molecule has 1 amide bonds. The number of thioether (sulfide) groups is 1. The summed E-state index contributed by atoms with van der Waals surface area (Å²) in [5.41, 5.74) is 6.01. The summed E-state index contributed by atoms with van der Waals surface area (Å²) >= 11 is 3.35. The largest absolute Gasteiger partial charge is 0.337 e. The number of nitrogens with zero attached hydrogens (tertiary/aromatic N) is 2. The summed E-state index contributed by atoms with van der Waals surface area (Å²) in [7, 11) is 1.86. The van der Waals surface area contributed by atoms with Crippen LogP contribution in [0.3, 0.4) is 0 Å². The fourth-order valence-corrected chi connectivity index (χ4v) is 3.59. The molecular weight excluding hydrogens is 242 g/mol. The molecule has 0 spiro atoms. The molecule has 1 fully saturated rings. The Morgan fingerprint density at radius 1 is 1.75 bits per heavy atom. The number of amides is 1. The van der Waals surface area contributed by atoms with Gasteiger partial charge in [-0.2, -0.15) is 11.8 Å². The lowest BCUT2D eigenvalue weighted by Gasteiger charge is -2.22. The third kappa shape index (κ3) is 2.39. The standard InChI is InChI=1S/C10H15N3OS2/c1-13(7-2-3-15-5-7)10(14)8-6-16-9(4-11)12-8/h6-7H,2-5,11H2,1H3. The molecule has 1 saturated heterocycles. The van der Waals surface area contributed by atoms with Crippen molar-refractivity contribution in [1.82, 2.24) is 9.88 Å². The van der Waals surface area contributed by atoms with Crippen molar-refractivity contribution in [3.63, 3.8) is 0 Å². The molecule has 1 aliphatic rings. The quantitative estimate of drug-likeness (QED) is 0.883. The van der Waals surface area contributed by atoms with Crippen LogP contribution < -0.4 is 5.73 Å². The first-order valence-electron chi connectivity index (χ1n) is 5.21. The van der Waals surface area contributed by atoms with E-state index in [0.29, 0.717) is 18.3 Å². The van der Waals surface area contributed by atoms with E-state index in [1.165, 1.54) is 11.3 Å². The van der Waals surface area contributed by atoms with E-state index < -0.39 is 0 Å². The van der Waals surface area contributed by atoms with Gasteiger partial charge in [0.25, 0.3) is 5.91 Å². The second-order valence-electron chi connectivity index (χ2n) is 3.76. The number of hydrogen-bond acceptors (Lipinski definition) is 5. The molecule has 1 aromatic heterocycles. The highest BCUT2D eigenvalue weighted by Crippen LogP contribution is 2.22. The van der Waals surface area contributed by atoms with E-state index in [-0.39, 0.29) is 5.91 Å². The van der Waals surface area contributed by atoms with Crippen molar-refractivity contribution in [1.29, 1.82) is 0 Å². The maximum Gasteiger partial charge on any atom is 0.273 e. The molecule has 1 aromatic rings. The normalized spacial score (nSPS) is 20.0. The second-order valence-corrected chi connectivity index (χ2v) is 5.86. The van der Waals surface area contributed by atoms with Crippen molar-refractivity contribution in [3.8, 4) is 0 Å². The second kappa shape index (κ2) is 5.16. The van der Waals surface area contributed by atoms with E-state index in [4.69, 9.17) is 5.73 Å². The van der Waals surface area contributed by atoms with Gasteiger partial charge < -0.3 is 10.6 Å². The lowest BCUT2D eigenvalue weighted by atomic mass is 10.2. The molecule has 1 aliphatic heterocycles. The lowest BCUT2D eigenvalue weighted by Crippen LogP contribution is -2.37. The van der Waals surface area contributed by atoms with E-state index in [1.807, 2.05) is 23.7 Å². The zero-order chi connectivity index (χ0) is 11.5. The Balaban J connectivity index is 2.05. The van der Waals surface area contributed by atoms with Crippen LogP contribution in [0.15, 0.2) is 5.38 Å². The van der Waals surface area contributed by atoms with Gasteiger partial charge in [-0.3, -0.25) is 4.79 Å². The summed E-state index contributed by atoms with van der Waals surface area (Å²) in [5, 5.41) is 2.61. The van der Waals surface area contributed by atoms with Gasteiger partial charge in [-0.1, -0.05) is 0 Å². The van der Waals surface area contributed by atoms with Gasteiger partial charge in [-0.05, 0) is 12.2 Å². The Morgan fingerprint density at radius 3 is 3.12 bits per heavy atom. The van der Waals surface area contributed by atoms with Crippen molar-refractivity contribution in [2.75, 3.05) is 18.6 Å². The van der Waals surface area contributed by atoms with Crippen LogP contribution in [0.25, 0.3) is 0 Å². The van der Waals surface area contributed by atoms with E-state index >= 15 is 0 Å². The highest BCUT2D eigenvalue weighted by Gasteiger charge is 2.25. The van der Waals surface area contributed by atoms with Crippen molar-refractivity contribution in [2.24, 2.45) is 5.73 Å². The molecule has 0 radical (unpaired) electrons. The number of carbonyl (C=O) groups is 1. The van der Waals surface area contributed by atoms with Gasteiger partial charge in [0.15, 0.2) is 0 Å². The van der Waals surface area contributed by atoms with Gasteiger partial charge in [-0.15, -0.1) is 11.3 Å². The Bertz CT molecular complexity index is 374. The van der Waals surface area contributed by atoms with Crippen LogP contribution in [-0.4, -0.2) is 40.4 Å². The Hall–Kier alpha value is -0.590. The van der Waals surface area contributed by atoms with Crippen molar-refractivity contribution >= 4 is 29.0 Å². The molecule has 4 nitrogen and oxygen atoms in total. The molecule has 0 aliphatic carbocycles. The fraction of sp³-hybridized carbons (Fsp3) is 0.600. The fourth-order valence-electron chi connectivity index (χ4n) is 1.68. The third-order valence-corrected chi connectivity index (χ3v) is 4.74. The number of thiazole rings is 1. The van der Waals surface area contributed by atoms with E-state index in [9.17, 15) is 4.79 Å². The summed E-state index contributed by atoms with van der Waals surface area (Å²) in [4.78, 5) is 18.1. The summed E-state index contributed by atoms with van der Waals surface area (Å²) in [5.74, 6) is 2.20. The van der Waals surface area contributed by atoms with Crippen molar-refractivity contribution < 1.29 is 4.79 Å². The molecule has 1 unspecified atom stereocenters.